The molecule has 3 heterocycles. The Morgan fingerprint density at radius 2 is 2.03 bits per heavy atom. The van der Waals surface area contributed by atoms with Crippen LogP contribution in [0.4, 0.5) is 10.1 Å². The lowest BCUT2D eigenvalue weighted by Crippen LogP contribution is -2.37. The summed E-state index contributed by atoms with van der Waals surface area (Å²) in [5, 5.41) is 4.18. The van der Waals surface area contributed by atoms with Crippen molar-refractivity contribution < 1.29 is 23.2 Å². The van der Waals surface area contributed by atoms with E-state index in [4.69, 9.17) is 9.25 Å². The van der Waals surface area contributed by atoms with Crippen molar-refractivity contribution in [2.24, 2.45) is 0 Å². The third-order valence-corrected chi connectivity index (χ3v) is 5.26. The number of nitrogens with zero attached hydrogens (tertiary/aromatic N) is 3. The van der Waals surface area contributed by atoms with Gasteiger partial charge in [0.1, 0.15) is 17.1 Å². The van der Waals surface area contributed by atoms with Crippen LogP contribution in [0, 0.1) is 9.39 Å². The number of hydrazine groups is 1. The molecule has 2 amide bonds. The Morgan fingerprint density at radius 1 is 1.15 bits per heavy atom. The van der Waals surface area contributed by atoms with Gasteiger partial charge in [0, 0.05) is 34.1 Å². The Hall–Kier alpha value is -3.58. The monoisotopic (exact) mass is 575 g/mol. The lowest BCUT2D eigenvalue weighted by Gasteiger charge is -2.22. The van der Waals surface area contributed by atoms with Crippen LogP contribution in [0.3, 0.4) is 0 Å². The number of carbonyl (C=O) groups excluding carboxylic acids is 2. The average Bonchev–Trinajstić information content (AvgIpc) is 3.29. The van der Waals surface area contributed by atoms with Gasteiger partial charge >= 0.3 is 5.91 Å². The van der Waals surface area contributed by atoms with E-state index >= 15 is 0 Å². The minimum Gasteiger partial charge on any atom is -0.451 e. The van der Waals surface area contributed by atoms with Crippen LogP contribution in [0.15, 0.2) is 71.5 Å². The Balaban J connectivity index is 1.41. The topological polar surface area (TPSA) is 110 Å². The molecule has 0 spiro atoms. The van der Waals surface area contributed by atoms with E-state index < -0.39 is 11.7 Å². The third kappa shape index (κ3) is 5.85. The Bertz CT molecular complexity index is 1270. The second-order valence-electron chi connectivity index (χ2n) is 7.02. The molecule has 34 heavy (non-hydrogen) atoms. The zero-order valence-electron chi connectivity index (χ0n) is 17.7. The molecule has 0 unspecified atom stereocenters. The summed E-state index contributed by atoms with van der Waals surface area (Å²) in [4.78, 5) is 38.7. The van der Waals surface area contributed by atoms with E-state index in [-0.39, 0.29) is 30.5 Å². The second-order valence-corrected chi connectivity index (χ2v) is 8.26. The quantitative estimate of drug-likeness (QED) is 0.175. The summed E-state index contributed by atoms with van der Waals surface area (Å²) >= 11 is 1.99. The fourth-order valence-electron chi connectivity index (χ4n) is 2.94. The van der Waals surface area contributed by atoms with E-state index in [0.717, 1.165) is 5.17 Å². The van der Waals surface area contributed by atoms with Gasteiger partial charge in [-0.2, -0.15) is 0 Å². The van der Waals surface area contributed by atoms with Crippen molar-refractivity contribution in [2.75, 3.05) is 18.6 Å². The summed E-state index contributed by atoms with van der Waals surface area (Å²) in [5.41, 5.74) is 3.49. The van der Waals surface area contributed by atoms with Gasteiger partial charge in [0.25, 0.3) is 5.91 Å². The Morgan fingerprint density at radius 3 is 2.79 bits per heavy atom. The third-order valence-electron chi connectivity index (χ3n) is 4.59. The lowest BCUT2D eigenvalue weighted by atomic mass is 10.3. The lowest BCUT2D eigenvalue weighted by molar-refractivity contribution is -0.108. The molecule has 4 aromatic rings. The van der Waals surface area contributed by atoms with E-state index in [1.165, 1.54) is 24.4 Å². The van der Waals surface area contributed by atoms with Crippen molar-refractivity contribution in [1.82, 2.24) is 20.5 Å². The largest absolute Gasteiger partial charge is 0.451 e. The molecule has 2 N–H and O–H groups in total. The minimum atomic E-state index is -0.660. The van der Waals surface area contributed by atoms with Crippen LogP contribution in [-0.2, 0) is 4.84 Å². The summed E-state index contributed by atoms with van der Waals surface area (Å²) in [5.74, 6) is -1.54. The van der Waals surface area contributed by atoms with Crippen LogP contribution < -0.4 is 10.7 Å². The van der Waals surface area contributed by atoms with Crippen LogP contribution in [0.1, 0.15) is 27.5 Å². The van der Waals surface area contributed by atoms with Crippen molar-refractivity contribution in [2.45, 2.75) is 6.42 Å². The number of aromatic nitrogens is 2. The predicted octanol–water partition coefficient (Wildman–Crippen LogP) is 4.19. The second kappa shape index (κ2) is 11.0. The number of pyridine rings is 2. The van der Waals surface area contributed by atoms with Crippen LogP contribution in [0.2, 0.25) is 0 Å². The molecule has 4 rings (SSSR count). The van der Waals surface area contributed by atoms with Crippen molar-refractivity contribution in [3.63, 3.8) is 0 Å². The maximum Gasteiger partial charge on any atom is 0.332 e. The number of nitrogens with one attached hydrogen (secondary N) is 2. The summed E-state index contributed by atoms with van der Waals surface area (Å²) in [6.45, 7) is 0.334. The van der Waals surface area contributed by atoms with Gasteiger partial charge in [-0.25, -0.2) is 4.39 Å². The highest BCUT2D eigenvalue weighted by Gasteiger charge is 2.23. The van der Waals surface area contributed by atoms with E-state index in [9.17, 15) is 14.0 Å². The molecule has 0 aliphatic rings. The van der Waals surface area contributed by atoms with Crippen LogP contribution >= 0.6 is 22.6 Å². The molecule has 0 aliphatic carbocycles. The van der Waals surface area contributed by atoms with E-state index in [2.05, 4.69) is 20.7 Å². The number of hydroxylamine groups is 1. The number of fused-ring (bicyclic) bond motifs is 1. The molecular weight excluding hydrogens is 556 g/mol. The first-order valence-electron chi connectivity index (χ1n) is 10.2. The zero-order chi connectivity index (χ0) is 23.9. The highest BCUT2D eigenvalue weighted by atomic mass is 127. The fourth-order valence-corrected chi connectivity index (χ4v) is 3.39. The maximum atomic E-state index is 14.4. The van der Waals surface area contributed by atoms with Crippen molar-refractivity contribution in [3.8, 4) is 0 Å². The fraction of sp³-hybridized carbons (Fsp3) is 0.130. The number of amides is 2. The number of hydrogen-bond acceptors (Lipinski definition) is 7. The van der Waals surface area contributed by atoms with Gasteiger partial charge < -0.3 is 9.73 Å². The van der Waals surface area contributed by atoms with E-state index in [1.54, 1.807) is 42.7 Å². The molecular formula is C23H19FIN5O4. The highest BCUT2D eigenvalue weighted by Crippen LogP contribution is 2.22. The van der Waals surface area contributed by atoms with Gasteiger partial charge in [0.05, 0.1) is 12.3 Å². The minimum absolute atomic E-state index is 0.00938. The number of halogens is 2. The molecule has 0 radical (unpaired) electrons. The standard InChI is InChI=1S/C23H19FIN5O4/c24-17-13-16(25)5-6-18(17)29-30(23(32)21-12-15-14-26-10-7-20(15)34-21)33-11-3-9-28-22(31)19-4-1-2-8-27-19/h1-2,4-8,10,12-14,29H,3,9,11H2,(H,28,31). The smallest absolute Gasteiger partial charge is 0.332 e. The molecule has 0 saturated heterocycles. The molecule has 0 aliphatic heterocycles. The SMILES string of the molecule is O=C(NCCCON(Nc1ccc(I)cc1F)C(=O)c1cc2cnccc2o1)c1ccccn1. The van der Waals surface area contributed by atoms with Crippen LogP contribution in [-0.4, -0.2) is 40.1 Å². The number of furan rings is 1. The average molecular weight is 575 g/mol. The van der Waals surface area contributed by atoms with E-state index in [1.807, 2.05) is 22.6 Å². The van der Waals surface area contributed by atoms with Crippen molar-refractivity contribution in [3.05, 3.63) is 88.0 Å². The number of benzene rings is 1. The van der Waals surface area contributed by atoms with Gasteiger partial charge in [-0.05, 0) is 71.5 Å². The molecule has 0 bridgehead atoms. The Labute approximate surface area is 207 Å². The summed E-state index contributed by atoms with van der Waals surface area (Å²) < 4.78 is 20.7. The molecule has 0 fully saturated rings. The predicted molar refractivity (Wildman–Crippen MR) is 130 cm³/mol. The van der Waals surface area contributed by atoms with Gasteiger partial charge in [-0.3, -0.25) is 29.8 Å². The van der Waals surface area contributed by atoms with Gasteiger partial charge in [-0.15, -0.1) is 5.17 Å². The first-order chi connectivity index (χ1) is 16.5. The molecule has 1 aromatic carbocycles. The van der Waals surface area contributed by atoms with Crippen molar-refractivity contribution in [1.29, 1.82) is 0 Å². The normalized spacial score (nSPS) is 10.8. The highest BCUT2D eigenvalue weighted by molar-refractivity contribution is 14.1. The van der Waals surface area contributed by atoms with Crippen molar-refractivity contribution >= 4 is 51.1 Å². The number of carbonyl (C=O) groups is 2. The molecule has 0 atom stereocenters. The van der Waals surface area contributed by atoms with Gasteiger partial charge in [-0.1, -0.05) is 6.07 Å². The molecule has 11 heteroatoms. The first-order valence-corrected chi connectivity index (χ1v) is 11.3. The van der Waals surface area contributed by atoms with Crippen LogP contribution in [0.5, 0.6) is 0 Å². The molecule has 0 saturated carbocycles. The number of hydrogen-bond donors (Lipinski definition) is 2. The molecule has 9 nitrogen and oxygen atoms in total. The van der Waals surface area contributed by atoms with Crippen LogP contribution in [0.25, 0.3) is 11.0 Å². The van der Waals surface area contributed by atoms with E-state index in [0.29, 0.717) is 26.7 Å². The molecule has 174 valence electrons. The maximum absolute atomic E-state index is 14.4. The Kier molecular flexibility index (Phi) is 7.65. The summed E-state index contributed by atoms with van der Waals surface area (Å²) in [6, 6.07) is 12.7. The molecule has 3 aromatic heterocycles. The summed E-state index contributed by atoms with van der Waals surface area (Å²) in [6.07, 6.45) is 5.03. The number of rotatable bonds is 9. The zero-order valence-corrected chi connectivity index (χ0v) is 19.9. The van der Waals surface area contributed by atoms with Gasteiger partial charge in [0.2, 0.25) is 0 Å². The van der Waals surface area contributed by atoms with Gasteiger partial charge in [0.15, 0.2) is 5.76 Å². The number of anilines is 1. The first kappa shape index (κ1) is 23.6. The summed E-state index contributed by atoms with van der Waals surface area (Å²) in [7, 11) is 0.